The molecule has 1 aliphatic carbocycles. The Morgan fingerprint density at radius 2 is 1.03 bits per heavy atom. The number of benzene rings is 3. The first kappa shape index (κ1) is 20.7. The zero-order valence-corrected chi connectivity index (χ0v) is 19.8. The third-order valence-corrected chi connectivity index (χ3v) is 23.8. The van der Waals surface area contributed by atoms with Gasteiger partial charge < -0.3 is 0 Å². The van der Waals surface area contributed by atoms with E-state index in [1.165, 1.54) is 20.1 Å². The van der Waals surface area contributed by atoms with Gasteiger partial charge in [0.1, 0.15) is 0 Å². The Labute approximate surface area is 184 Å². The van der Waals surface area contributed by atoms with Crippen molar-refractivity contribution in [3.63, 3.8) is 0 Å². The minimum atomic E-state index is -2.35. The SMILES string of the molecule is [Cl][Rh]([C]1=CCCC=CCC1)[PH](c1ccccc1)(c1ccccc1)c1ccccc1. The van der Waals surface area contributed by atoms with E-state index in [1.54, 1.807) is 0 Å². The van der Waals surface area contributed by atoms with Crippen LogP contribution in [0.1, 0.15) is 25.7 Å². The monoisotopic (exact) mass is 508 g/mol. The molecular formula is C26H27ClPRh. The quantitative estimate of drug-likeness (QED) is 0.212. The summed E-state index contributed by atoms with van der Waals surface area (Å²) in [6.07, 6.45) is 11.5. The van der Waals surface area contributed by atoms with Gasteiger partial charge in [-0.05, 0) is 0 Å². The maximum atomic E-state index is 7.71. The summed E-state index contributed by atoms with van der Waals surface area (Å²) in [4.78, 5) is 0. The molecule has 0 heterocycles. The van der Waals surface area contributed by atoms with Crippen molar-refractivity contribution in [2.45, 2.75) is 25.7 Å². The summed E-state index contributed by atoms with van der Waals surface area (Å²) < 4.78 is 1.53. The molecule has 0 bridgehead atoms. The summed E-state index contributed by atoms with van der Waals surface area (Å²) in [6.45, 7) is 0. The van der Waals surface area contributed by atoms with Crippen molar-refractivity contribution in [2.24, 2.45) is 0 Å². The molecule has 4 rings (SSSR count). The molecule has 0 nitrogen and oxygen atoms in total. The fourth-order valence-electron chi connectivity index (χ4n) is 3.91. The molecule has 0 N–H and O–H groups in total. The molecule has 0 radical (unpaired) electrons. The molecule has 0 fully saturated rings. The van der Waals surface area contributed by atoms with E-state index in [-0.39, 0.29) is 0 Å². The van der Waals surface area contributed by atoms with Crippen LogP contribution in [0.15, 0.2) is 113 Å². The van der Waals surface area contributed by atoms with Crippen molar-refractivity contribution in [3.05, 3.63) is 113 Å². The first-order chi connectivity index (χ1) is 14.3. The third-order valence-electron chi connectivity index (χ3n) is 5.28. The molecule has 3 aromatic rings. The van der Waals surface area contributed by atoms with Gasteiger partial charge in [0.2, 0.25) is 0 Å². The summed E-state index contributed by atoms with van der Waals surface area (Å²) in [5, 5.41) is 4.29. The molecule has 0 aliphatic heterocycles. The number of halogens is 1. The van der Waals surface area contributed by atoms with Crippen molar-refractivity contribution in [1.82, 2.24) is 0 Å². The topological polar surface area (TPSA) is 0 Å². The Morgan fingerprint density at radius 1 is 0.586 bits per heavy atom. The van der Waals surface area contributed by atoms with E-state index in [1.807, 2.05) is 0 Å². The van der Waals surface area contributed by atoms with Crippen molar-refractivity contribution >= 4 is 31.2 Å². The molecule has 0 amide bonds. The predicted octanol–water partition coefficient (Wildman–Crippen LogP) is 6.41. The van der Waals surface area contributed by atoms with Crippen LogP contribution in [0, 0.1) is 0 Å². The summed E-state index contributed by atoms with van der Waals surface area (Å²) in [7, 11) is 7.71. The second-order valence-corrected chi connectivity index (χ2v) is 20.6. The van der Waals surface area contributed by atoms with E-state index in [0.29, 0.717) is 0 Å². The Bertz CT molecular complexity index is 871. The van der Waals surface area contributed by atoms with Crippen LogP contribution < -0.4 is 15.9 Å². The van der Waals surface area contributed by atoms with E-state index >= 15 is 0 Å². The molecule has 29 heavy (non-hydrogen) atoms. The zero-order chi connectivity index (χ0) is 19.9. The standard InChI is InChI=1S/C18H15P.C8H11.ClH.Rh/c1-4-10-16(11-5-1)19(17-12-6-2-7-13-17)18-14-8-3-9-15-18;1-2-4-6-8-7-5-3-1;;/h1-15H;1-2,7H,3-6H2;1H;. The molecule has 3 aromatic carbocycles. The number of allylic oxidation sites excluding steroid dienone is 4. The van der Waals surface area contributed by atoms with E-state index in [0.717, 1.165) is 25.7 Å². The summed E-state index contributed by atoms with van der Waals surface area (Å²) in [5.41, 5.74) is -2.35. The van der Waals surface area contributed by atoms with Crippen molar-refractivity contribution in [1.29, 1.82) is 0 Å². The zero-order valence-electron chi connectivity index (χ0n) is 16.4. The molecule has 0 spiro atoms. The van der Waals surface area contributed by atoms with Crippen LogP contribution in [0.2, 0.25) is 0 Å². The van der Waals surface area contributed by atoms with Gasteiger partial charge in [0.15, 0.2) is 0 Å². The number of rotatable bonds is 5. The van der Waals surface area contributed by atoms with Crippen molar-refractivity contribution < 1.29 is 14.5 Å². The molecule has 3 heteroatoms. The first-order valence-corrected chi connectivity index (χ1v) is 17.4. The minimum absolute atomic E-state index is 1.09. The molecule has 0 unspecified atom stereocenters. The van der Waals surface area contributed by atoms with Crippen LogP contribution in [0.3, 0.4) is 0 Å². The van der Waals surface area contributed by atoms with Crippen LogP contribution >= 0.6 is 15.3 Å². The predicted molar refractivity (Wildman–Crippen MR) is 128 cm³/mol. The van der Waals surface area contributed by atoms with Gasteiger partial charge in [-0.15, -0.1) is 0 Å². The van der Waals surface area contributed by atoms with Crippen molar-refractivity contribution in [2.75, 3.05) is 0 Å². The van der Waals surface area contributed by atoms with Crippen molar-refractivity contribution in [3.8, 4) is 0 Å². The fraction of sp³-hybridized carbons (Fsp3) is 0.154. The molecule has 1 aliphatic rings. The molecule has 0 saturated heterocycles. The van der Waals surface area contributed by atoms with Gasteiger partial charge in [0.25, 0.3) is 0 Å². The Morgan fingerprint density at radius 3 is 1.52 bits per heavy atom. The van der Waals surface area contributed by atoms with Gasteiger partial charge in [-0.3, -0.25) is 0 Å². The molecule has 0 saturated carbocycles. The van der Waals surface area contributed by atoms with E-state index in [4.69, 9.17) is 9.69 Å². The van der Waals surface area contributed by atoms with E-state index in [9.17, 15) is 0 Å². The Balaban J connectivity index is 1.97. The summed E-state index contributed by atoms with van der Waals surface area (Å²) in [6, 6.07) is 33.3. The van der Waals surface area contributed by atoms with Crippen LogP contribution in [0.5, 0.6) is 0 Å². The second kappa shape index (κ2) is 9.99. The third kappa shape index (κ3) is 4.34. The summed E-state index contributed by atoms with van der Waals surface area (Å²) >= 11 is -1.71. The molecular weight excluding hydrogens is 482 g/mol. The second-order valence-electron chi connectivity index (χ2n) is 7.14. The van der Waals surface area contributed by atoms with Gasteiger partial charge in [-0.2, -0.15) is 0 Å². The average Bonchev–Trinajstić information content (AvgIpc) is 2.76. The van der Waals surface area contributed by atoms with Gasteiger partial charge in [-0.25, -0.2) is 0 Å². The Hall–Kier alpha value is -1.52. The fourth-order valence-corrected chi connectivity index (χ4v) is 22.8. The van der Waals surface area contributed by atoms with E-state index < -0.39 is 20.1 Å². The number of hydrogen-bond acceptors (Lipinski definition) is 0. The maximum absolute atomic E-state index is 7.71. The van der Waals surface area contributed by atoms with Crippen LogP contribution in [-0.2, 0) is 14.5 Å². The summed E-state index contributed by atoms with van der Waals surface area (Å²) in [5.74, 6) is 0. The molecule has 0 atom stereocenters. The Kier molecular flexibility index (Phi) is 7.15. The molecule has 152 valence electrons. The van der Waals surface area contributed by atoms with Crippen LogP contribution in [-0.4, -0.2) is 0 Å². The van der Waals surface area contributed by atoms with Crippen LogP contribution in [0.25, 0.3) is 0 Å². The van der Waals surface area contributed by atoms with Crippen LogP contribution in [0.4, 0.5) is 0 Å². The normalized spacial score (nSPS) is 15.8. The first-order valence-electron chi connectivity index (χ1n) is 10.1. The number of hydrogen-bond donors (Lipinski definition) is 0. The average molecular weight is 509 g/mol. The molecule has 0 aromatic heterocycles. The van der Waals surface area contributed by atoms with Gasteiger partial charge in [0.05, 0.1) is 0 Å². The van der Waals surface area contributed by atoms with Gasteiger partial charge in [0, 0.05) is 0 Å². The van der Waals surface area contributed by atoms with Gasteiger partial charge in [-0.1, -0.05) is 0 Å². The van der Waals surface area contributed by atoms with E-state index in [2.05, 4.69) is 109 Å². The van der Waals surface area contributed by atoms with Gasteiger partial charge >= 0.3 is 185 Å².